The number of urea groups is 1. The lowest BCUT2D eigenvalue weighted by molar-refractivity contribution is -0.153. The Hall–Kier alpha value is -2.45. The lowest BCUT2D eigenvalue weighted by atomic mass is 10.1. The van der Waals surface area contributed by atoms with Crippen molar-refractivity contribution in [3.63, 3.8) is 0 Å². The van der Waals surface area contributed by atoms with E-state index in [1.807, 2.05) is 0 Å². The Morgan fingerprint density at radius 3 is 2.72 bits per heavy atom. The predicted octanol–water partition coefficient (Wildman–Crippen LogP) is 2.55. The van der Waals surface area contributed by atoms with Crippen LogP contribution in [0.3, 0.4) is 0 Å². The second-order valence-corrected chi connectivity index (χ2v) is 5.94. The van der Waals surface area contributed by atoms with Gasteiger partial charge in [0.2, 0.25) is 0 Å². The van der Waals surface area contributed by atoms with Gasteiger partial charge in [0.1, 0.15) is 5.75 Å². The molecule has 1 unspecified atom stereocenters. The zero-order valence-electron chi connectivity index (χ0n) is 13.6. The number of nitrogens with zero attached hydrogens (tertiary/aromatic N) is 1. The number of carbonyl (C=O) groups excluding carboxylic acids is 1. The van der Waals surface area contributed by atoms with Crippen molar-refractivity contribution in [1.82, 2.24) is 10.2 Å². The standard InChI is InChI=1S/C16H19F3N2O4/c1-10-2-3-11(13(6-10)25-9-16(17,18)19)7-20-15(24)21-5-4-12(8-21)14(22)23/h2-3,6,12H,4-5,7-9H2,1H3,(H,20,24)(H,22,23). The molecule has 138 valence electrons. The molecule has 9 heteroatoms. The fourth-order valence-corrected chi connectivity index (χ4v) is 2.53. The minimum atomic E-state index is -4.45. The third-order valence-electron chi connectivity index (χ3n) is 3.87. The minimum Gasteiger partial charge on any atom is -0.484 e. The molecule has 0 aliphatic carbocycles. The van der Waals surface area contributed by atoms with Crippen LogP contribution in [-0.2, 0) is 11.3 Å². The number of rotatable bonds is 5. The summed E-state index contributed by atoms with van der Waals surface area (Å²) in [6.45, 7) is 0.740. The number of hydrogen-bond acceptors (Lipinski definition) is 3. The third-order valence-corrected chi connectivity index (χ3v) is 3.87. The van der Waals surface area contributed by atoms with Gasteiger partial charge in [-0.1, -0.05) is 12.1 Å². The molecule has 1 atom stereocenters. The Kier molecular flexibility index (Phi) is 5.76. The van der Waals surface area contributed by atoms with E-state index in [1.54, 1.807) is 19.1 Å². The van der Waals surface area contributed by atoms with Gasteiger partial charge in [-0.05, 0) is 25.0 Å². The van der Waals surface area contributed by atoms with Gasteiger partial charge in [0.15, 0.2) is 6.61 Å². The molecule has 6 nitrogen and oxygen atoms in total. The van der Waals surface area contributed by atoms with E-state index in [1.165, 1.54) is 11.0 Å². The minimum absolute atomic E-state index is 0.0134. The first-order valence-electron chi connectivity index (χ1n) is 7.70. The Balaban J connectivity index is 1.96. The summed E-state index contributed by atoms with van der Waals surface area (Å²) in [6.07, 6.45) is -4.07. The highest BCUT2D eigenvalue weighted by Gasteiger charge is 2.31. The molecule has 2 amide bonds. The van der Waals surface area contributed by atoms with Gasteiger partial charge in [-0.2, -0.15) is 13.2 Å². The number of aryl methyl sites for hydroxylation is 1. The number of carboxylic acids is 1. The first-order valence-corrected chi connectivity index (χ1v) is 7.70. The van der Waals surface area contributed by atoms with Crippen molar-refractivity contribution in [2.75, 3.05) is 19.7 Å². The quantitative estimate of drug-likeness (QED) is 0.846. The topological polar surface area (TPSA) is 78.9 Å². The normalized spacial score (nSPS) is 17.4. The molecule has 1 aliphatic heterocycles. The molecule has 0 radical (unpaired) electrons. The Bertz CT molecular complexity index is 649. The molecule has 2 rings (SSSR count). The summed E-state index contributed by atoms with van der Waals surface area (Å²) in [5, 5.41) is 11.5. The fraction of sp³-hybridized carbons (Fsp3) is 0.500. The highest BCUT2D eigenvalue weighted by Crippen LogP contribution is 2.24. The predicted molar refractivity (Wildman–Crippen MR) is 82.3 cm³/mol. The van der Waals surface area contributed by atoms with Gasteiger partial charge in [0.05, 0.1) is 5.92 Å². The number of nitrogens with one attached hydrogen (secondary N) is 1. The number of amides is 2. The van der Waals surface area contributed by atoms with Crippen molar-refractivity contribution in [1.29, 1.82) is 0 Å². The van der Waals surface area contributed by atoms with Crippen LogP contribution in [0.4, 0.5) is 18.0 Å². The summed E-state index contributed by atoms with van der Waals surface area (Å²) >= 11 is 0. The zero-order chi connectivity index (χ0) is 18.6. The Labute approximate surface area is 142 Å². The molecule has 1 saturated heterocycles. The summed E-state index contributed by atoms with van der Waals surface area (Å²) in [4.78, 5) is 24.4. The van der Waals surface area contributed by atoms with E-state index in [2.05, 4.69) is 5.32 Å². The van der Waals surface area contributed by atoms with E-state index in [4.69, 9.17) is 9.84 Å². The zero-order valence-corrected chi connectivity index (χ0v) is 13.6. The van der Waals surface area contributed by atoms with Crippen molar-refractivity contribution in [3.05, 3.63) is 29.3 Å². The molecular formula is C16H19F3N2O4. The number of hydrogen-bond donors (Lipinski definition) is 2. The smallest absolute Gasteiger partial charge is 0.422 e. The second-order valence-electron chi connectivity index (χ2n) is 5.94. The van der Waals surface area contributed by atoms with Crippen LogP contribution in [0, 0.1) is 12.8 Å². The van der Waals surface area contributed by atoms with Crippen molar-refractivity contribution < 1.29 is 32.6 Å². The molecule has 25 heavy (non-hydrogen) atoms. The van der Waals surface area contributed by atoms with E-state index in [-0.39, 0.29) is 18.8 Å². The van der Waals surface area contributed by atoms with Crippen molar-refractivity contribution in [2.24, 2.45) is 5.92 Å². The summed E-state index contributed by atoms with van der Waals surface area (Å²) in [5.74, 6) is -1.48. The second kappa shape index (κ2) is 7.62. The summed E-state index contributed by atoms with van der Waals surface area (Å²) in [5.41, 5.74) is 1.15. The number of carbonyl (C=O) groups is 2. The molecule has 0 spiro atoms. The van der Waals surface area contributed by atoms with Gasteiger partial charge < -0.3 is 20.1 Å². The number of halogens is 3. The molecular weight excluding hydrogens is 341 g/mol. The van der Waals surface area contributed by atoms with Crippen LogP contribution in [0.15, 0.2) is 18.2 Å². The van der Waals surface area contributed by atoms with Gasteiger partial charge in [-0.15, -0.1) is 0 Å². The summed E-state index contributed by atoms with van der Waals surface area (Å²) in [7, 11) is 0. The van der Waals surface area contributed by atoms with Gasteiger partial charge in [-0.25, -0.2) is 4.79 Å². The third kappa shape index (κ3) is 5.54. The van der Waals surface area contributed by atoms with Crippen molar-refractivity contribution in [3.8, 4) is 5.75 Å². The fourth-order valence-electron chi connectivity index (χ4n) is 2.53. The van der Waals surface area contributed by atoms with Crippen molar-refractivity contribution in [2.45, 2.75) is 26.1 Å². The molecule has 1 aromatic carbocycles. The van der Waals surface area contributed by atoms with E-state index >= 15 is 0 Å². The van der Waals surface area contributed by atoms with Crippen molar-refractivity contribution >= 4 is 12.0 Å². The Morgan fingerprint density at radius 1 is 1.40 bits per heavy atom. The monoisotopic (exact) mass is 360 g/mol. The van der Waals surface area contributed by atoms with Crippen LogP contribution in [0.2, 0.25) is 0 Å². The molecule has 0 saturated carbocycles. The van der Waals surface area contributed by atoms with E-state index in [9.17, 15) is 22.8 Å². The molecule has 0 bridgehead atoms. The summed E-state index contributed by atoms with van der Waals surface area (Å²) in [6, 6.07) is 4.32. The first-order chi connectivity index (χ1) is 11.7. The maximum absolute atomic E-state index is 12.3. The summed E-state index contributed by atoms with van der Waals surface area (Å²) < 4.78 is 41.9. The van der Waals surface area contributed by atoms with E-state index in [0.29, 0.717) is 18.5 Å². The van der Waals surface area contributed by atoms with Crippen LogP contribution < -0.4 is 10.1 Å². The number of carboxylic acid groups (broad SMARTS) is 1. The van der Waals surface area contributed by atoms with Gasteiger partial charge in [-0.3, -0.25) is 4.79 Å². The number of aliphatic carboxylic acids is 1. The molecule has 1 fully saturated rings. The highest BCUT2D eigenvalue weighted by molar-refractivity contribution is 5.77. The maximum atomic E-state index is 12.3. The number of alkyl halides is 3. The lowest BCUT2D eigenvalue weighted by Gasteiger charge is -2.18. The number of ether oxygens (including phenoxy) is 1. The lowest BCUT2D eigenvalue weighted by Crippen LogP contribution is -2.38. The van der Waals surface area contributed by atoms with Gasteiger partial charge in [0.25, 0.3) is 0 Å². The SMILES string of the molecule is Cc1ccc(CNC(=O)N2CCC(C(=O)O)C2)c(OCC(F)(F)F)c1. The number of benzene rings is 1. The van der Waals surface area contributed by atoms with Gasteiger partial charge >= 0.3 is 18.2 Å². The largest absolute Gasteiger partial charge is 0.484 e. The molecule has 1 heterocycles. The van der Waals surface area contributed by atoms with E-state index < -0.39 is 30.7 Å². The molecule has 0 aromatic heterocycles. The average Bonchev–Trinajstić information content (AvgIpc) is 3.01. The van der Waals surface area contributed by atoms with Crippen LogP contribution in [0.25, 0.3) is 0 Å². The molecule has 1 aromatic rings. The molecule has 2 N–H and O–H groups in total. The molecule has 1 aliphatic rings. The number of likely N-dealkylation sites (tertiary alicyclic amines) is 1. The van der Waals surface area contributed by atoms with Crippen LogP contribution in [0.5, 0.6) is 5.75 Å². The first kappa shape index (κ1) is 18.9. The highest BCUT2D eigenvalue weighted by atomic mass is 19.4. The van der Waals surface area contributed by atoms with E-state index in [0.717, 1.165) is 5.56 Å². The van der Waals surface area contributed by atoms with Crippen LogP contribution in [0.1, 0.15) is 17.5 Å². The van der Waals surface area contributed by atoms with Crippen LogP contribution in [-0.4, -0.2) is 47.9 Å². The maximum Gasteiger partial charge on any atom is 0.422 e. The van der Waals surface area contributed by atoms with Crippen LogP contribution >= 0.6 is 0 Å². The average molecular weight is 360 g/mol. The Morgan fingerprint density at radius 2 is 2.12 bits per heavy atom. The van der Waals surface area contributed by atoms with Gasteiger partial charge in [0, 0.05) is 25.2 Å².